The van der Waals surface area contributed by atoms with Crippen molar-refractivity contribution in [1.82, 2.24) is 0 Å². The summed E-state index contributed by atoms with van der Waals surface area (Å²) in [5.74, 6) is 0.971. The van der Waals surface area contributed by atoms with Crippen molar-refractivity contribution in [3.8, 4) is 10.6 Å². The summed E-state index contributed by atoms with van der Waals surface area (Å²) in [5, 5.41) is 2.74. The SMILES string of the molecule is Cc1cc(-[s+]2c3ccccc3c3ccccc32)cc(C)c1OCOC1CCCCC1. The Morgan fingerprint density at radius 2 is 1.37 bits per heavy atom. The second-order valence-electron chi connectivity index (χ2n) is 8.37. The average molecular weight is 418 g/mol. The van der Waals surface area contributed by atoms with Gasteiger partial charge in [0.15, 0.2) is 21.1 Å². The third-order valence-electron chi connectivity index (χ3n) is 6.23. The molecule has 1 saturated carbocycles. The summed E-state index contributed by atoms with van der Waals surface area (Å²) in [4.78, 5) is 1.36. The van der Waals surface area contributed by atoms with Gasteiger partial charge in [-0.1, -0.05) is 43.5 Å². The fourth-order valence-electron chi connectivity index (χ4n) is 4.78. The van der Waals surface area contributed by atoms with E-state index in [0.717, 1.165) is 5.75 Å². The van der Waals surface area contributed by atoms with Gasteiger partial charge in [-0.25, -0.2) is 0 Å². The fraction of sp³-hybridized carbons (Fsp3) is 0.333. The van der Waals surface area contributed by atoms with Crippen molar-refractivity contribution in [3.05, 3.63) is 71.8 Å². The Kier molecular flexibility index (Phi) is 5.49. The zero-order valence-corrected chi connectivity index (χ0v) is 18.6. The minimum Gasteiger partial charge on any atom is -0.467 e. The van der Waals surface area contributed by atoms with Gasteiger partial charge in [0, 0.05) is 33.4 Å². The lowest BCUT2D eigenvalue weighted by atomic mass is 9.98. The van der Waals surface area contributed by atoms with E-state index in [1.54, 1.807) is 0 Å². The smallest absolute Gasteiger partial charge is 0.189 e. The molecule has 0 saturated heterocycles. The summed E-state index contributed by atoms with van der Waals surface area (Å²) < 4.78 is 15.0. The van der Waals surface area contributed by atoms with Crippen LogP contribution < -0.4 is 4.74 Å². The zero-order chi connectivity index (χ0) is 20.5. The minimum absolute atomic E-state index is 0.0658. The first-order valence-corrected chi connectivity index (χ1v) is 12.2. The van der Waals surface area contributed by atoms with E-state index in [1.165, 1.54) is 68.3 Å². The molecule has 4 aromatic rings. The summed E-state index contributed by atoms with van der Waals surface area (Å²) in [6.45, 7) is 4.66. The quantitative estimate of drug-likeness (QED) is 0.242. The maximum absolute atomic E-state index is 6.11. The van der Waals surface area contributed by atoms with Gasteiger partial charge in [-0.05, 0) is 62.1 Å². The molecular formula is C27H29O2S+. The number of hydrogen-bond acceptors (Lipinski definition) is 2. The molecule has 0 atom stereocenters. The number of aryl methyl sites for hydroxylation is 2. The van der Waals surface area contributed by atoms with E-state index in [-0.39, 0.29) is 10.5 Å². The highest BCUT2D eigenvalue weighted by Gasteiger charge is 2.24. The molecule has 0 aliphatic heterocycles. The second-order valence-corrected chi connectivity index (χ2v) is 10.3. The van der Waals surface area contributed by atoms with E-state index >= 15 is 0 Å². The fourth-order valence-corrected chi connectivity index (χ4v) is 7.34. The van der Waals surface area contributed by atoms with Gasteiger partial charge in [-0.3, -0.25) is 0 Å². The van der Waals surface area contributed by atoms with E-state index in [2.05, 4.69) is 74.5 Å². The number of fused-ring (bicyclic) bond motifs is 3. The van der Waals surface area contributed by atoms with Gasteiger partial charge < -0.3 is 9.47 Å². The van der Waals surface area contributed by atoms with Crippen LogP contribution >= 0.6 is 10.5 Å². The van der Waals surface area contributed by atoms with Crippen molar-refractivity contribution < 1.29 is 9.47 Å². The number of ether oxygens (including phenoxy) is 2. The van der Waals surface area contributed by atoms with E-state index in [0.29, 0.717) is 12.9 Å². The maximum atomic E-state index is 6.11. The maximum Gasteiger partial charge on any atom is 0.189 e. The molecule has 3 heteroatoms. The standard InChI is InChI=1S/C27H29O2S/c1-19-16-22(17-20(2)27(19)29-18-28-21-10-4-3-5-11-21)30-25-14-8-6-12-23(25)24-13-7-9-15-26(24)30/h6-9,12-17,21H,3-5,10-11,18H2,1-2H3/q+1. The van der Waals surface area contributed by atoms with Gasteiger partial charge in [0.2, 0.25) is 0 Å². The molecular weight excluding hydrogens is 388 g/mol. The van der Waals surface area contributed by atoms with Gasteiger partial charge in [-0.2, -0.15) is 0 Å². The van der Waals surface area contributed by atoms with E-state index < -0.39 is 0 Å². The first-order chi connectivity index (χ1) is 14.7. The van der Waals surface area contributed by atoms with Crippen LogP contribution in [-0.4, -0.2) is 12.9 Å². The third-order valence-corrected chi connectivity index (χ3v) is 8.53. The number of rotatable bonds is 5. The van der Waals surface area contributed by atoms with E-state index in [4.69, 9.17) is 9.47 Å². The Balaban J connectivity index is 1.47. The van der Waals surface area contributed by atoms with Crippen molar-refractivity contribution in [2.45, 2.75) is 52.1 Å². The molecule has 0 N–H and O–H groups in total. The molecule has 1 aliphatic carbocycles. The summed E-state index contributed by atoms with van der Waals surface area (Å²) in [6.07, 6.45) is 6.61. The van der Waals surface area contributed by atoms with Crippen LogP contribution in [0, 0.1) is 13.8 Å². The van der Waals surface area contributed by atoms with Crippen LogP contribution in [-0.2, 0) is 4.74 Å². The highest BCUT2D eigenvalue weighted by molar-refractivity contribution is 7.50. The van der Waals surface area contributed by atoms with Gasteiger partial charge >= 0.3 is 0 Å². The van der Waals surface area contributed by atoms with Crippen molar-refractivity contribution in [2.75, 3.05) is 6.79 Å². The van der Waals surface area contributed by atoms with Crippen molar-refractivity contribution >= 4 is 30.6 Å². The number of hydrogen-bond donors (Lipinski definition) is 0. The Morgan fingerprint density at radius 1 is 0.800 bits per heavy atom. The molecule has 1 fully saturated rings. The lowest BCUT2D eigenvalue weighted by Gasteiger charge is -2.22. The van der Waals surface area contributed by atoms with Crippen LogP contribution in [0.25, 0.3) is 25.1 Å². The molecule has 5 rings (SSSR count). The summed E-state index contributed by atoms with van der Waals surface area (Å²) in [6, 6.07) is 22.3. The lowest BCUT2D eigenvalue weighted by molar-refractivity contribution is -0.0501. The molecule has 0 spiro atoms. The van der Waals surface area contributed by atoms with Crippen LogP contribution in [0.2, 0.25) is 0 Å². The van der Waals surface area contributed by atoms with Crippen molar-refractivity contribution in [1.29, 1.82) is 0 Å². The molecule has 1 heterocycles. The Labute approximate surface area is 181 Å². The normalized spacial score (nSPS) is 15.1. The largest absolute Gasteiger partial charge is 0.467 e. The highest BCUT2D eigenvalue weighted by atomic mass is 32.2. The van der Waals surface area contributed by atoms with Gasteiger partial charge in [0.1, 0.15) is 5.75 Å². The van der Waals surface area contributed by atoms with Crippen LogP contribution in [0.4, 0.5) is 0 Å². The van der Waals surface area contributed by atoms with Gasteiger partial charge in [0.05, 0.1) is 6.10 Å². The molecule has 2 nitrogen and oxygen atoms in total. The summed E-state index contributed by atoms with van der Waals surface area (Å²) >= 11 is 0. The molecule has 0 amide bonds. The van der Waals surface area contributed by atoms with Crippen LogP contribution in [0.3, 0.4) is 0 Å². The first kappa shape index (κ1) is 19.6. The van der Waals surface area contributed by atoms with Gasteiger partial charge in [-0.15, -0.1) is 0 Å². The molecule has 154 valence electrons. The third kappa shape index (κ3) is 3.61. The first-order valence-electron chi connectivity index (χ1n) is 11.0. The van der Waals surface area contributed by atoms with Crippen molar-refractivity contribution in [3.63, 3.8) is 0 Å². The van der Waals surface area contributed by atoms with Crippen LogP contribution in [0.1, 0.15) is 43.2 Å². The summed E-state index contributed by atoms with van der Waals surface area (Å²) in [5.41, 5.74) is 2.37. The minimum atomic E-state index is -0.0658. The Bertz CT molecular complexity index is 1110. The predicted molar refractivity (Wildman–Crippen MR) is 128 cm³/mol. The molecule has 0 bridgehead atoms. The predicted octanol–water partition coefficient (Wildman–Crippen LogP) is 8.03. The number of thiophene rings is 1. The molecule has 0 unspecified atom stereocenters. The topological polar surface area (TPSA) is 18.5 Å². The number of benzene rings is 3. The average Bonchev–Trinajstić information content (AvgIpc) is 3.11. The van der Waals surface area contributed by atoms with Crippen LogP contribution in [0.5, 0.6) is 5.75 Å². The Morgan fingerprint density at radius 3 is 1.97 bits per heavy atom. The monoisotopic (exact) mass is 417 g/mol. The molecule has 3 aromatic carbocycles. The zero-order valence-electron chi connectivity index (χ0n) is 17.8. The van der Waals surface area contributed by atoms with E-state index in [9.17, 15) is 0 Å². The Hall–Kier alpha value is -2.36. The molecule has 30 heavy (non-hydrogen) atoms. The van der Waals surface area contributed by atoms with E-state index in [1.807, 2.05) is 0 Å². The van der Waals surface area contributed by atoms with Crippen LogP contribution in [0.15, 0.2) is 60.7 Å². The lowest BCUT2D eigenvalue weighted by Crippen LogP contribution is -2.19. The molecule has 1 aromatic heterocycles. The second kappa shape index (κ2) is 8.41. The molecule has 1 aliphatic rings. The van der Waals surface area contributed by atoms with Crippen molar-refractivity contribution in [2.24, 2.45) is 0 Å². The summed E-state index contributed by atoms with van der Waals surface area (Å²) in [7, 11) is -0.0658. The highest BCUT2D eigenvalue weighted by Crippen LogP contribution is 2.49. The molecule has 0 radical (unpaired) electrons. The van der Waals surface area contributed by atoms with Gasteiger partial charge in [0.25, 0.3) is 0 Å².